The lowest BCUT2D eigenvalue weighted by Gasteiger charge is -2.21. The van der Waals surface area contributed by atoms with Gasteiger partial charge in [0.2, 0.25) is 0 Å². The standard InChI is InChI=1S/C22H31N3O/c1-4-12-25(13-5-2)16-21(15-23)22(26)24-17(3)19-11-10-18-8-6-7-9-20(18)14-19/h10-11,14,16-17H,4-9,12-13H2,1-3H3,(H,24,26)/b21-16-. The topological polar surface area (TPSA) is 56.1 Å². The minimum absolute atomic E-state index is 0.114. The summed E-state index contributed by atoms with van der Waals surface area (Å²) in [4.78, 5) is 14.6. The largest absolute Gasteiger partial charge is 0.376 e. The summed E-state index contributed by atoms with van der Waals surface area (Å²) in [5, 5.41) is 12.4. The van der Waals surface area contributed by atoms with E-state index in [4.69, 9.17) is 0 Å². The van der Waals surface area contributed by atoms with E-state index in [9.17, 15) is 10.1 Å². The first-order valence-corrected chi connectivity index (χ1v) is 9.87. The van der Waals surface area contributed by atoms with Crippen LogP contribution in [0.5, 0.6) is 0 Å². The van der Waals surface area contributed by atoms with Gasteiger partial charge in [0.1, 0.15) is 11.6 Å². The van der Waals surface area contributed by atoms with Crippen molar-refractivity contribution in [1.82, 2.24) is 10.2 Å². The molecule has 0 saturated heterocycles. The number of amides is 1. The molecule has 26 heavy (non-hydrogen) atoms. The van der Waals surface area contributed by atoms with Crippen LogP contribution in [0.2, 0.25) is 0 Å². The molecule has 1 N–H and O–H groups in total. The van der Waals surface area contributed by atoms with Gasteiger partial charge < -0.3 is 10.2 Å². The first kappa shape index (κ1) is 20.0. The number of carbonyl (C=O) groups is 1. The summed E-state index contributed by atoms with van der Waals surface area (Å²) >= 11 is 0. The Kier molecular flexibility index (Phi) is 7.72. The van der Waals surface area contributed by atoms with Gasteiger partial charge in [0.15, 0.2) is 0 Å². The van der Waals surface area contributed by atoms with Gasteiger partial charge in [-0.2, -0.15) is 5.26 Å². The smallest absolute Gasteiger partial charge is 0.263 e. The Morgan fingerprint density at radius 3 is 2.50 bits per heavy atom. The Labute approximate surface area is 157 Å². The fraction of sp³-hybridized carbons (Fsp3) is 0.545. The van der Waals surface area contributed by atoms with Gasteiger partial charge in [0.05, 0.1) is 6.04 Å². The molecule has 1 aliphatic carbocycles. The van der Waals surface area contributed by atoms with Crippen molar-refractivity contribution >= 4 is 5.91 Å². The van der Waals surface area contributed by atoms with Crippen LogP contribution in [-0.4, -0.2) is 23.9 Å². The summed E-state index contributed by atoms with van der Waals surface area (Å²) in [6, 6.07) is 8.46. The van der Waals surface area contributed by atoms with Gasteiger partial charge in [-0.05, 0) is 62.1 Å². The Balaban J connectivity index is 2.07. The molecule has 0 bridgehead atoms. The van der Waals surface area contributed by atoms with Crippen molar-refractivity contribution in [3.05, 3.63) is 46.7 Å². The molecule has 0 saturated carbocycles. The molecule has 0 fully saturated rings. The molecule has 1 aromatic carbocycles. The second kappa shape index (κ2) is 10.0. The number of nitriles is 1. The van der Waals surface area contributed by atoms with Crippen molar-refractivity contribution < 1.29 is 4.79 Å². The second-order valence-corrected chi connectivity index (χ2v) is 7.12. The lowest BCUT2D eigenvalue weighted by molar-refractivity contribution is -0.117. The molecule has 140 valence electrons. The average Bonchev–Trinajstić information content (AvgIpc) is 2.65. The van der Waals surface area contributed by atoms with Crippen LogP contribution >= 0.6 is 0 Å². The van der Waals surface area contributed by atoms with Crippen LogP contribution in [0.4, 0.5) is 0 Å². The van der Waals surface area contributed by atoms with Gasteiger partial charge in [0.25, 0.3) is 5.91 Å². The van der Waals surface area contributed by atoms with E-state index in [0.717, 1.165) is 44.3 Å². The van der Waals surface area contributed by atoms with Crippen molar-refractivity contribution in [1.29, 1.82) is 5.26 Å². The maximum Gasteiger partial charge on any atom is 0.263 e. The summed E-state index contributed by atoms with van der Waals surface area (Å²) in [5.41, 5.74) is 4.13. The van der Waals surface area contributed by atoms with Gasteiger partial charge in [-0.1, -0.05) is 32.0 Å². The third kappa shape index (κ3) is 5.36. The second-order valence-electron chi connectivity index (χ2n) is 7.12. The number of carbonyl (C=O) groups excluding carboxylic acids is 1. The van der Waals surface area contributed by atoms with Crippen LogP contribution in [0, 0.1) is 11.3 Å². The zero-order valence-corrected chi connectivity index (χ0v) is 16.3. The predicted molar refractivity (Wildman–Crippen MR) is 105 cm³/mol. The lowest BCUT2D eigenvalue weighted by atomic mass is 9.89. The first-order chi connectivity index (χ1) is 12.6. The molecule has 4 heteroatoms. The van der Waals surface area contributed by atoms with Gasteiger partial charge in [0, 0.05) is 19.3 Å². The van der Waals surface area contributed by atoms with E-state index in [-0.39, 0.29) is 17.5 Å². The summed E-state index contributed by atoms with van der Waals surface area (Å²) < 4.78 is 0. The molecule has 0 spiro atoms. The zero-order valence-electron chi connectivity index (χ0n) is 16.3. The van der Waals surface area contributed by atoms with Gasteiger partial charge >= 0.3 is 0 Å². The number of benzene rings is 1. The minimum atomic E-state index is -0.296. The third-order valence-corrected chi connectivity index (χ3v) is 4.92. The van der Waals surface area contributed by atoms with E-state index >= 15 is 0 Å². The molecule has 0 radical (unpaired) electrons. The minimum Gasteiger partial charge on any atom is -0.376 e. The highest BCUT2D eigenvalue weighted by Crippen LogP contribution is 2.24. The first-order valence-electron chi connectivity index (χ1n) is 9.87. The van der Waals surface area contributed by atoms with E-state index in [1.165, 1.54) is 24.0 Å². The fourth-order valence-corrected chi connectivity index (χ4v) is 3.52. The maximum atomic E-state index is 12.6. The molecule has 0 aliphatic heterocycles. The van der Waals surface area contributed by atoms with Gasteiger partial charge in [-0.3, -0.25) is 4.79 Å². The summed E-state index contributed by atoms with van der Waals surface area (Å²) in [6.07, 6.45) is 8.47. The van der Waals surface area contributed by atoms with Crippen LogP contribution in [0.25, 0.3) is 0 Å². The average molecular weight is 354 g/mol. The molecular weight excluding hydrogens is 322 g/mol. The Hall–Kier alpha value is -2.28. The van der Waals surface area contributed by atoms with E-state index in [1.807, 2.05) is 6.92 Å². The highest BCUT2D eigenvalue weighted by atomic mass is 16.1. The zero-order chi connectivity index (χ0) is 18.9. The van der Waals surface area contributed by atoms with Crippen LogP contribution in [0.3, 0.4) is 0 Å². The molecule has 4 nitrogen and oxygen atoms in total. The fourth-order valence-electron chi connectivity index (χ4n) is 3.52. The number of rotatable bonds is 8. The molecule has 1 aliphatic rings. The van der Waals surface area contributed by atoms with E-state index in [2.05, 4.69) is 48.3 Å². The number of aryl methyl sites for hydroxylation is 2. The van der Waals surface area contributed by atoms with Crippen LogP contribution in [0.15, 0.2) is 30.0 Å². The molecule has 1 amide bonds. The Morgan fingerprint density at radius 2 is 1.88 bits per heavy atom. The van der Waals surface area contributed by atoms with Crippen molar-refractivity contribution in [2.24, 2.45) is 0 Å². The Bertz CT molecular complexity index is 681. The molecule has 0 aromatic heterocycles. The molecular formula is C22H31N3O. The number of hydrogen-bond acceptors (Lipinski definition) is 3. The Morgan fingerprint density at radius 1 is 1.23 bits per heavy atom. The molecule has 1 aromatic rings. The van der Waals surface area contributed by atoms with Crippen LogP contribution in [-0.2, 0) is 17.6 Å². The number of nitrogens with one attached hydrogen (secondary N) is 1. The maximum absolute atomic E-state index is 12.6. The highest BCUT2D eigenvalue weighted by molar-refractivity contribution is 5.97. The normalized spacial score (nSPS) is 14.9. The predicted octanol–water partition coefficient (Wildman–Crippen LogP) is 4.27. The third-order valence-electron chi connectivity index (χ3n) is 4.92. The van der Waals surface area contributed by atoms with Crippen molar-refractivity contribution in [3.8, 4) is 6.07 Å². The monoisotopic (exact) mass is 353 g/mol. The summed E-state index contributed by atoms with van der Waals surface area (Å²) in [5.74, 6) is -0.296. The van der Waals surface area contributed by atoms with E-state index < -0.39 is 0 Å². The van der Waals surface area contributed by atoms with Crippen molar-refractivity contribution in [2.75, 3.05) is 13.1 Å². The molecule has 1 unspecified atom stereocenters. The highest BCUT2D eigenvalue weighted by Gasteiger charge is 2.17. The molecule has 1 atom stereocenters. The molecule has 0 heterocycles. The molecule has 2 rings (SSSR count). The number of fused-ring (bicyclic) bond motifs is 1. The number of nitrogens with zero attached hydrogens (tertiary/aromatic N) is 2. The van der Waals surface area contributed by atoms with Crippen LogP contribution in [0.1, 0.15) is 69.2 Å². The summed E-state index contributed by atoms with van der Waals surface area (Å²) in [6.45, 7) is 7.88. The SMILES string of the molecule is CCCN(/C=C(/C#N)C(=O)NC(C)c1ccc2c(c1)CCCC2)CCC. The summed E-state index contributed by atoms with van der Waals surface area (Å²) in [7, 11) is 0. The van der Waals surface area contributed by atoms with Crippen molar-refractivity contribution in [2.45, 2.75) is 65.3 Å². The van der Waals surface area contributed by atoms with Crippen LogP contribution < -0.4 is 5.32 Å². The number of hydrogen-bond donors (Lipinski definition) is 1. The van der Waals surface area contributed by atoms with Crippen molar-refractivity contribution in [3.63, 3.8) is 0 Å². The van der Waals surface area contributed by atoms with E-state index in [0.29, 0.717) is 0 Å². The van der Waals surface area contributed by atoms with Gasteiger partial charge in [-0.25, -0.2) is 0 Å². The van der Waals surface area contributed by atoms with Gasteiger partial charge in [-0.15, -0.1) is 0 Å². The quantitative estimate of drug-likeness (QED) is 0.561. The lowest BCUT2D eigenvalue weighted by Crippen LogP contribution is -2.29. The van der Waals surface area contributed by atoms with E-state index in [1.54, 1.807) is 6.20 Å².